The van der Waals surface area contributed by atoms with Crippen LogP contribution in [0.2, 0.25) is 0 Å². The monoisotopic (exact) mass is 570 g/mol. The number of para-hydroxylation sites is 2. The van der Waals surface area contributed by atoms with E-state index in [9.17, 15) is 14.4 Å². The number of rotatable bonds is 5. The molecule has 0 saturated carbocycles. The van der Waals surface area contributed by atoms with Gasteiger partial charge in [0.15, 0.2) is 23.1 Å². The second kappa shape index (κ2) is 9.32. The number of amides is 1. The van der Waals surface area contributed by atoms with Gasteiger partial charge in [-0.1, -0.05) is 60.7 Å². The van der Waals surface area contributed by atoms with Crippen LogP contribution in [0.1, 0.15) is 31.8 Å². The van der Waals surface area contributed by atoms with E-state index in [0.717, 1.165) is 11.3 Å². The largest absolute Gasteiger partial charge is 0.497 e. The van der Waals surface area contributed by atoms with Crippen LogP contribution in [0.15, 0.2) is 97.1 Å². The molecule has 1 saturated heterocycles. The van der Waals surface area contributed by atoms with Gasteiger partial charge in [0.1, 0.15) is 17.2 Å². The van der Waals surface area contributed by atoms with Crippen LogP contribution in [-0.4, -0.2) is 43.5 Å². The van der Waals surface area contributed by atoms with Crippen molar-refractivity contribution in [2.45, 2.75) is 17.5 Å². The smallest absolute Gasteiger partial charge is 0.238 e. The molecule has 8 heteroatoms. The number of hydrogen-bond acceptors (Lipinski definition) is 7. The second-order valence-corrected chi connectivity index (χ2v) is 11.1. The van der Waals surface area contributed by atoms with Crippen molar-refractivity contribution in [2.75, 3.05) is 24.1 Å². The Bertz CT molecular complexity index is 1880. The lowest BCUT2D eigenvalue weighted by atomic mass is 9.64. The number of carbonyl (C=O) groups excluding carboxylic acids is 3. The van der Waals surface area contributed by atoms with Gasteiger partial charge in [-0.15, -0.1) is 0 Å². The Labute approximate surface area is 247 Å². The van der Waals surface area contributed by atoms with Crippen LogP contribution < -0.4 is 24.4 Å². The molecule has 212 valence electrons. The maximum Gasteiger partial charge on any atom is 0.238 e. The molecule has 8 nitrogen and oxygen atoms in total. The average molecular weight is 571 g/mol. The number of hydrogen-bond donors (Lipinski definition) is 1. The van der Waals surface area contributed by atoms with Gasteiger partial charge in [0, 0.05) is 22.5 Å². The molecule has 4 aliphatic rings. The van der Waals surface area contributed by atoms with E-state index < -0.39 is 23.4 Å². The maximum absolute atomic E-state index is 15.0. The topological polar surface area (TPSA) is 94.2 Å². The van der Waals surface area contributed by atoms with Gasteiger partial charge >= 0.3 is 0 Å². The van der Waals surface area contributed by atoms with Crippen LogP contribution in [-0.2, 0) is 10.2 Å². The van der Waals surface area contributed by atoms with Crippen molar-refractivity contribution in [3.63, 3.8) is 0 Å². The Morgan fingerprint density at radius 3 is 2.56 bits per heavy atom. The SMILES string of the molecule is COc1cccc(C(=O)[C@@H]2[C@H](C(=O)c3ccc4c(c3)OCO4)[C@@]3(C(=O)Nc4ccccc43)[C@@H]3C=Cc4ccccc4N23)c1. The molecular formula is C35H26N2O6. The van der Waals surface area contributed by atoms with Gasteiger partial charge in [0.2, 0.25) is 12.7 Å². The van der Waals surface area contributed by atoms with Crippen LogP contribution in [0.5, 0.6) is 17.2 Å². The summed E-state index contributed by atoms with van der Waals surface area (Å²) in [4.78, 5) is 46.2. The van der Waals surface area contributed by atoms with Crippen molar-refractivity contribution in [3.05, 3.63) is 119 Å². The molecular weight excluding hydrogens is 544 g/mol. The number of methoxy groups -OCH3 is 1. The van der Waals surface area contributed by atoms with Crippen molar-refractivity contribution in [2.24, 2.45) is 5.92 Å². The molecule has 4 aromatic carbocycles. The van der Waals surface area contributed by atoms with E-state index in [1.165, 1.54) is 0 Å². The first-order valence-corrected chi connectivity index (χ1v) is 14.1. The molecule has 0 bridgehead atoms. The summed E-state index contributed by atoms with van der Waals surface area (Å²) in [6, 6.07) is 25.5. The van der Waals surface area contributed by atoms with Crippen LogP contribution in [0.3, 0.4) is 0 Å². The number of benzene rings is 4. The summed E-state index contributed by atoms with van der Waals surface area (Å²) in [6.45, 7) is 0.0600. The zero-order valence-corrected chi connectivity index (χ0v) is 23.2. The molecule has 1 amide bonds. The summed E-state index contributed by atoms with van der Waals surface area (Å²) in [7, 11) is 1.54. The number of nitrogens with zero attached hydrogens (tertiary/aromatic N) is 1. The fourth-order valence-corrected chi connectivity index (χ4v) is 7.30. The van der Waals surface area contributed by atoms with Gasteiger partial charge in [-0.25, -0.2) is 0 Å². The number of anilines is 2. The number of Topliss-reactive ketones (excluding diaryl/α,β-unsaturated/α-hetero) is 2. The highest BCUT2D eigenvalue weighted by atomic mass is 16.7. The molecule has 4 heterocycles. The van der Waals surface area contributed by atoms with Gasteiger partial charge in [-0.3, -0.25) is 14.4 Å². The number of carbonyl (C=O) groups is 3. The molecule has 4 aliphatic heterocycles. The predicted molar refractivity (Wildman–Crippen MR) is 160 cm³/mol. The molecule has 1 N–H and O–H groups in total. The predicted octanol–water partition coefficient (Wildman–Crippen LogP) is 5.28. The van der Waals surface area contributed by atoms with Gasteiger partial charge in [-0.05, 0) is 53.6 Å². The minimum atomic E-state index is -1.40. The Hall–Kier alpha value is -5.37. The highest BCUT2D eigenvalue weighted by Gasteiger charge is 2.70. The lowest BCUT2D eigenvalue weighted by Crippen LogP contribution is -2.51. The van der Waals surface area contributed by atoms with Crippen molar-refractivity contribution in [3.8, 4) is 17.2 Å². The van der Waals surface area contributed by atoms with E-state index in [1.54, 1.807) is 49.6 Å². The minimum absolute atomic E-state index is 0.0600. The first kappa shape index (κ1) is 25.3. The molecule has 4 atom stereocenters. The van der Waals surface area contributed by atoms with E-state index in [2.05, 4.69) is 5.32 Å². The van der Waals surface area contributed by atoms with Crippen molar-refractivity contribution < 1.29 is 28.6 Å². The fourth-order valence-electron chi connectivity index (χ4n) is 7.30. The van der Waals surface area contributed by atoms with Crippen molar-refractivity contribution in [1.82, 2.24) is 0 Å². The van der Waals surface area contributed by atoms with E-state index in [4.69, 9.17) is 14.2 Å². The molecule has 43 heavy (non-hydrogen) atoms. The Morgan fingerprint density at radius 2 is 1.67 bits per heavy atom. The quantitative estimate of drug-likeness (QED) is 0.326. The van der Waals surface area contributed by atoms with Crippen molar-refractivity contribution >= 4 is 34.9 Å². The van der Waals surface area contributed by atoms with Crippen LogP contribution in [0.4, 0.5) is 11.4 Å². The second-order valence-electron chi connectivity index (χ2n) is 11.1. The van der Waals surface area contributed by atoms with E-state index >= 15 is 0 Å². The molecule has 1 fully saturated rings. The molecule has 8 rings (SSSR count). The lowest BCUT2D eigenvalue weighted by molar-refractivity contribution is -0.121. The molecule has 4 aromatic rings. The highest BCUT2D eigenvalue weighted by molar-refractivity contribution is 6.18. The standard InChI is InChI=1S/C35H26N2O6/c1-41-23-9-6-8-21(17-23)33(39)31-30(32(38)22-13-15-27-28(18-22)43-19-42-27)35(24-10-3-4-11-25(24)36-34(35)40)29-16-14-20-7-2-5-12-26(20)37(29)31/h2-18,29-31H,19H2,1H3,(H,36,40)/t29-,30+,31-,35-/m0/s1. The van der Waals surface area contributed by atoms with E-state index in [1.807, 2.05) is 65.6 Å². The van der Waals surface area contributed by atoms with Crippen LogP contribution in [0, 0.1) is 5.92 Å². The summed E-state index contributed by atoms with van der Waals surface area (Å²) in [5.74, 6) is -0.484. The average Bonchev–Trinajstić information content (AvgIpc) is 3.73. The Balaban J connectivity index is 1.41. The summed E-state index contributed by atoms with van der Waals surface area (Å²) < 4.78 is 16.5. The minimum Gasteiger partial charge on any atom is -0.497 e. The number of fused-ring (bicyclic) bond motifs is 7. The molecule has 0 aromatic heterocycles. The van der Waals surface area contributed by atoms with Crippen LogP contribution >= 0.6 is 0 Å². The number of nitrogens with one attached hydrogen (secondary N) is 1. The molecule has 0 radical (unpaired) electrons. The van der Waals surface area contributed by atoms with E-state index in [-0.39, 0.29) is 24.3 Å². The molecule has 0 aliphatic carbocycles. The van der Waals surface area contributed by atoms with Crippen LogP contribution in [0.25, 0.3) is 6.08 Å². The Kier molecular flexibility index (Phi) is 5.50. The van der Waals surface area contributed by atoms with Gasteiger partial charge < -0.3 is 24.4 Å². The van der Waals surface area contributed by atoms with E-state index in [0.29, 0.717) is 39.6 Å². The first-order chi connectivity index (χ1) is 21.0. The van der Waals surface area contributed by atoms with Gasteiger partial charge in [0.05, 0.1) is 19.1 Å². The number of ketones is 2. The third-order valence-electron chi connectivity index (χ3n) is 9.10. The third kappa shape index (κ3) is 3.46. The van der Waals surface area contributed by atoms with Gasteiger partial charge in [0.25, 0.3) is 0 Å². The lowest BCUT2D eigenvalue weighted by Gasteiger charge is -2.37. The summed E-state index contributed by atoms with van der Waals surface area (Å²) >= 11 is 0. The highest BCUT2D eigenvalue weighted by Crippen LogP contribution is 2.58. The zero-order chi connectivity index (χ0) is 29.3. The fraction of sp³-hybridized carbons (Fsp3) is 0.171. The molecule has 0 unspecified atom stereocenters. The Morgan fingerprint density at radius 1 is 0.884 bits per heavy atom. The third-order valence-corrected chi connectivity index (χ3v) is 9.10. The summed E-state index contributed by atoms with van der Waals surface area (Å²) in [5, 5.41) is 3.05. The summed E-state index contributed by atoms with van der Waals surface area (Å²) in [5.41, 5.74) is 2.35. The van der Waals surface area contributed by atoms with Crippen molar-refractivity contribution in [1.29, 1.82) is 0 Å². The zero-order valence-electron chi connectivity index (χ0n) is 23.2. The first-order valence-electron chi connectivity index (χ1n) is 14.1. The number of ether oxygens (including phenoxy) is 3. The maximum atomic E-state index is 15.0. The van der Waals surface area contributed by atoms with Gasteiger partial charge in [-0.2, -0.15) is 0 Å². The summed E-state index contributed by atoms with van der Waals surface area (Å²) in [6.07, 6.45) is 3.94. The molecule has 1 spiro atoms. The normalized spacial score (nSPS) is 23.9.